The highest BCUT2D eigenvalue weighted by molar-refractivity contribution is 5.89. The summed E-state index contributed by atoms with van der Waals surface area (Å²) in [4.78, 5) is 53.7. The van der Waals surface area contributed by atoms with E-state index in [4.69, 9.17) is 14.2 Å². The molecule has 0 aromatic heterocycles. The first-order chi connectivity index (χ1) is 26.4. The quantitative estimate of drug-likeness (QED) is 0.112. The molecule has 0 radical (unpaired) electrons. The van der Waals surface area contributed by atoms with E-state index in [1.807, 2.05) is 127 Å². The van der Waals surface area contributed by atoms with Crippen molar-refractivity contribution in [3.05, 3.63) is 150 Å². The standard InChI is InChI=1S/C44H48N2O8/c47-28-38(26-33-21-23-39(24-22-33)52-29-34-15-7-2-8-16-34)45-41(48)27-36-19-11-4-12-20-37(25-32-13-5-1-6-14-32)43(50)54-31-40(46-42(36)49)44(51)53-30-35-17-9-3-10-18-35/h1-11,13-18,21-24,36-38,40,47H,12,19-20,25-31H2,(H,45,48)(H,46,49)/t36-,37-,38+,40-/m1/s1. The molecule has 0 unspecified atom stereocenters. The molecular weight excluding hydrogens is 684 g/mol. The molecule has 2 amide bonds. The molecule has 282 valence electrons. The van der Waals surface area contributed by atoms with E-state index in [0.717, 1.165) is 22.3 Å². The zero-order chi connectivity index (χ0) is 38.0. The van der Waals surface area contributed by atoms with E-state index in [9.17, 15) is 24.3 Å². The smallest absolute Gasteiger partial charge is 0.332 e. The van der Waals surface area contributed by atoms with Gasteiger partial charge in [0.25, 0.3) is 0 Å². The number of aliphatic hydroxyl groups excluding tert-OH is 1. The lowest BCUT2D eigenvalue weighted by atomic mass is 9.94. The van der Waals surface area contributed by atoms with Crippen molar-refractivity contribution in [2.75, 3.05) is 13.2 Å². The zero-order valence-electron chi connectivity index (χ0n) is 30.3. The summed E-state index contributed by atoms with van der Waals surface area (Å²) >= 11 is 0. The molecule has 10 nitrogen and oxygen atoms in total. The summed E-state index contributed by atoms with van der Waals surface area (Å²) in [5.74, 6) is -2.82. The van der Waals surface area contributed by atoms with Gasteiger partial charge in [0.05, 0.1) is 24.5 Å². The molecule has 4 atom stereocenters. The zero-order valence-corrected chi connectivity index (χ0v) is 30.3. The number of ether oxygens (including phenoxy) is 3. The maximum absolute atomic E-state index is 13.7. The Labute approximate surface area is 316 Å². The van der Waals surface area contributed by atoms with Gasteiger partial charge in [0.15, 0.2) is 6.04 Å². The van der Waals surface area contributed by atoms with Crippen LogP contribution in [0.3, 0.4) is 0 Å². The molecule has 0 spiro atoms. The maximum Gasteiger partial charge on any atom is 0.332 e. The Morgan fingerprint density at radius 1 is 0.778 bits per heavy atom. The van der Waals surface area contributed by atoms with E-state index in [2.05, 4.69) is 10.6 Å². The fourth-order valence-electron chi connectivity index (χ4n) is 6.15. The van der Waals surface area contributed by atoms with Gasteiger partial charge in [-0.1, -0.05) is 115 Å². The molecule has 54 heavy (non-hydrogen) atoms. The topological polar surface area (TPSA) is 140 Å². The van der Waals surface area contributed by atoms with Crippen molar-refractivity contribution in [1.82, 2.24) is 10.6 Å². The third kappa shape index (κ3) is 13.0. The predicted molar refractivity (Wildman–Crippen MR) is 204 cm³/mol. The summed E-state index contributed by atoms with van der Waals surface area (Å²) in [6.45, 7) is -0.315. The molecule has 0 bridgehead atoms. The van der Waals surface area contributed by atoms with E-state index in [1.54, 1.807) is 0 Å². The van der Waals surface area contributed by atoms with Gasteiger partial charge in [-0.25, -0.2) is 4.79 Å². The van der Waals surface area contributed by atoms with Crippen molar-refractivity contribution < 1.29 is 38.5 Å². The highest BCUT2D eigenvalue weighted by Crippen LogP contribution is 2.20. The molecule has 1 aliphatic heterocycles. The Bertz CT molecular complexity index is 1800. The number of aliphatic hydroxyl groups is 1. The van der Waals surface area contributed by atoms with Gasteiger partial charge in [-0.15, -0.1) is 0 Å². The molecule has 1 heterocycles. The first kappa shape index (κ1) is 39.5. The monoisotopic (exact) mass is 732 g/mol. The first-order valence-electron chi connectivity index (χ1n) is 18.4. The van der Waals surface area contributed by atoms with E-state index in [-0.39, 0.29) is 26.1 Å². The minimum atomic E-state index is -1.29. The van der Waals surface area contributed by atoms with Crippen LogP contribution in [-0.2, 0) is 54.7 Å². The van der Waals surface area contributed by atoms with Crippen molar-refractivity contribution in [3.8, 4) is 5.75 Å². The van der Waals surface area contributed by atoms with E-state index in [1.165, 1.54) is 0 Å². The van der Waals surface area contributed by atoms with Crippen molar-refractivity contribution >= 4 is 23.8 Å². The SMILES string of the molecule is O=C(C[C@H]1CC=CCC[C@H](Cc2ccccc2)C(=O)OC[C@H](C(=O)OCc2ccccc2)NC1=O)N[C@H](CO)Cc1ccc(OCc2ccccc2)cc1. The molecule has 0 fully saturated rings. The third-order valence-corrected chi connectivity index (χ3v) is 9.19. The Morgan fingerprint density at radius 2 is 1.41 bits per heavy atom. The van der Waals surface area contributed by atoms with Gasteiger partial charge in [0.1, 0.15) is 25.6 Å². The first-order valence-corrected chi connectivity index (χ1v) is 18.4. The van der Waals surface area contributed by atoms with Crippen LogP contribution < -0.4 is 15.4 Å². The third-order valence-electron chi connectivity index (χ3n) is 9.19. The fourth-order valence-corrected chi connectivity index (χ4v) is 6.15. The normalized spacial score (nSPS) is 18.4. The summed E-state index contributed by atoms with van der Waals surface area (Å²) in [5.41, 5.74) is 3.69. The van der Waals surface area contributed by atoms with Crippen molar-refractivity contribution in [2.24, 2.45) is 11.8 Å². The largest absolute Gasteiger partial charge is 0.489 e. The number of nitrogens with one attached hydrogen (secondary N) is 2. The van der Waals surface area contributed by atoms with Gasteiger partial charge < -0.3 is 30.0 Å². The van der Waals surface area contributed by atoms with Gasteiger partial charge in [0, 0.05) is 6.42 Å². The van der Waals surface area contributed by atoms with Gasteiger partial charge in [0.2, 0.25) is 11.8 Å². The van der Waals surface area contributed by atoms with Crippen LogP contribution in [0.2, 0.25) is 0 Å². The number of carbonyl (C=O) groups excluding carboxylic acids is 4. The molecular formula is C44H48N2O8. The summed E-state index contributed by atoms with van der Waals surface area (Å²) in [7, 11) is 0. The Morgan fingerprint density at radius 3 is 2.06 bits per heavy atom. The number of allylic oxidation sites excluding steroid dienone is 2. The van der Waals surface area contributed by atoms with Gasteiger partial charge >= 0.3 is 11.9 Å². The molecule has 0 saturated heterocycles. The summed E-state index contributed by atoms with van der Waals surface area (Å²) in [5, 5.41) is 15.7. The molecule has 0 aliphatic carbocycles. The lowest BCUT2D eigenvalue weighted by molar-refractivity contribution is -0.157. The van der Waals surface area contributed by atoms with Crippen molar-refractivity contribution in [2.45, 2.75) is 63.8 Å². The van der Waals surface area contributed by atoms with Crippen molar-refractivity contribution in [3.63, 3.8) is 0 Å². The van der Waals surface area contributed by atoms with Crippen LogP contribution in [-0.4, -0.2) is 54.2 Å². The second-order valence-corrected chi connectivity index (χ2v) is 13.4. The maximum atomic E-state index is 13.7. The van der Waals surface area contributed by atoms with Crippen LogP contribution in [0.1, 0.15) is 47.9 Å². The Kier molecular flexibility index (Phi) is 15.4. The van der Waals surface area contributed by atoms with E-state index >= 15 is 0 Å². The number of cyclic esters (lactones) is 1. The average molecular weight is 733 g/mol. The molecule has 4 aromatic rings. The minimum Gasteiger partial charge on any atom is -0.489 e. The van der Waals surface area contributed by atoms with Crippen LogP contribution in [0.4, 0.5) is 0 Å². The molecule has 0 saturated carbocycles. The van der Waals surface area contributed by atoms with Crippen LogP contribution in [0.5, 0.6) is 5.75 Å². The summed E-state index contributed by atoms with van der Waals surface area (Å²) < 4.78 is 17.1. The summed E-state index contributed by atoms with van der Waals surface area (Å²) in [6, 6.07) is 34.2. The molecule has 10 heteroatoms. The molecule has 1 aliphatic rings. The summed E-state index contributed by atoms with van der Waals surface area (Å²) in [6.07, 6.45) is 5.63. The van der Waals surface area contributed by atoms with Crippen LogP contribution >= 0.6 is 0 Å². The lowest BCUT2D eigenvalue weighted by Crippen LogP contribution is -2.48. The van der Waals surface area contributed by atoms with Gasteiger partial charge in [-0.3, -0.25) is 14.4 Å². The highest BCUT2D eigenvalue weighted by Gasteiger charge is 2.31. The number of benzene rings is 4. The fraction of sp³-hybridized carbons (Fsp3) is 0.318. The predicted octanol–water partition coefficient (Wildman–Crippen LogP) is 5.66. The Balaban J connectivity index is 1.22. The van der Waals surface area contributed by atoms with E-state index in [0.29, 0.717) is 38.0 Å². The average Bonchev–Trinajstić information content (AvgIpc) is 3.21. The van der Waals surface area contributed by atoms with Crippen LogP contribution in [0.25, 0.3) is 0 Å². The second-order valence-electron chi connectivity index (χ2n) is 13.4. The van der Waals surface area contributed by atoms with Crippen LogP contribution in [0.15, 0.2) is 127 Å². The number of rotatable bonds is 14. The van der Waals surface area contributed by atoms with Gasteiger partial charge in [-0.05, 0) is 66.5 Å². The number of esters is 2. The second kappa shape index (κ2) is 21.1. The van der Waals surface area contributed by atoms with E-state index < -0.39 is 54.3 Å². The molecule has 3 N–H and O–H groups in total. The lowest BCUT2D eigenvalue weighted by Gasteiger charge is -2.23. The minimum absolute atomic E-state index is 0.0306. The number of carbonyl (C=O) groups is 4. The van der Waals surface area contributed by atoms with Crippen molar-refractivity contribution in [1.29, 1.82) is 0 Å². The van der Waals surface area contributed by atoms with Gasteiger partial charge in [-0.2, -0.15) is 0 Å². The molecule has 4 aromatic carbocycles. The number of hydrogen-bond donors (Lipinski definition) is 3. The van der Waals surface area contributed by atoms with Crippen LogP contribution in [0, 0.1) is 11.8 Å². The highest BCUT2D eigenvalue weighted by atomic mass is 16.6. The number of hydrogen-bond acceptors (Lipinski definition) is 8. The Hall–Kier alpha value is -5.74. The molecule has 5 rings (SSSR count). The number of amides is 2.